The number of H-pyrrole nitrogens is 1. The normalized spacial score (nSPS) is 10.6. The number of aromatic nitrogens is 1. The van der Waals surface area contributed by atoms with Gasteiger partial charge in [0.1, 0.15) is 0 Å². The predicted octanol–water partition coefficient (Wildman–Crippen LogP) is 2.59. The molecule has 0 aliphatic carbocycles. The molecule has 1 aromatic heterocycles. The van der Waals surface area contributed by atoms with E-state index in [4.69, 9.17) is 9.90 Å². The van der Waals surface area contributed by atoms with Gasteiger partial charge in [0.25, 0.3) is 0 Å². The Morgan fingerprint density at radius 1 is 1.25 bits per heavy atom. The van der Waals surface area contributed by atoms with Gasteiger partial charge in [-0.3, -0.25) is 0 Å². The largest absolute Gasteiger partial charge is 0.490 e. The lowest BCUT2D eigenvalue weighted by atomic mass is 10.1. The summed E-state index contributed by atoms with van der Waals surface area (Å²) in [6.07, 6.45) is -3.28. The molecule has 0 aliphatic rings. The molecule has 20 heavy (non-hydrogen) atoms. The Labute approximate surface area is 111 Å². The maximum Gasteiger partial charge on any atom is 0.490 e. The van der Waals surface area contributed by atoms with Crippen molar-refractivity contribution in [2.45, 2.75) is 6.18 Å². The fourth-order valence-electron chi connectivity index (χ4n) is 1.36. The smallest absolute Gasteiger partial charge is 0.475 e. The standard InChI is InChI=1S/C10H9NO2.C2HF3O2/c1-13-10(12)8-4-2-3-7-5-6-11-9(7)8;3-2(4,5)1(6)7/h2-6,11H,1H3;(H,6,7). The summed E-state index contributed by atoms with van der Waals surface area (Å²) in [4.78, 5) is 23.2. The summed E-state index contributed by atoms with van der Waals surface area (Å²) in [5.41, 5.74) is 1.40. The molecule has 5 nitrogen and oxygen atoms in total. The van der Waals surface area contributed by atoms with E-state index >= 15 is 0 Å². The van der Waals surface area contributed by atoms with E-state index in [2.05, 4.69) is 9.72 Å². The average molecular weight is 289 g/mol. The quantitative estimate of drug-likeness (QED) is 0.791. The number of aliphatic carboxylic acids is 1. The highest BCUT2D eigenvalue weighted by atomic mass is 19.4. The number of benzene rings is 1. The van der Waals surface area contributed by atoms with E-state index in [1.807, 2.05) is 18.2 Å². The van der Waals surface area contributed by atoms with Crippen molar-refractivity contribution in [2.24, 2.45) is 0 Å². The summed E-state index contributed by atoms with van der Waals surface area (Å²) in [5.74, 6) is -3.07. The number of methoxy groups -OCH3 is 1. The van der Waals surface area contributed by atoms with Crippen molar-refractivity contribution >= 4 is 22.8 Å². The highest BCUT2D eigenvalue weighted by Gasteiger charge is 2.38. The highest BCUT2D eigenvalue weighted by Crippen LogP contribution is 2.17. The third-order valence-electron chi connectivity index (χ3n) is 2.24. The monoisotopic (exact) mass is 289 g/mol. The average Bonchev–Trinajstić information content (AvgIpc) is 2.85. The van der Waals surface area contributed by atoms with Crippen LogP contribution in [0.2, 0.25) is 0 Å². The van der Waals surface area contributed by atoms with Crippen LogP contribution in [0.4, 0.5) is 13.2 Å². The number of rotatable bonds is 1. The number of nitrogens with one attached hydrogen (secondary N) is 1. The van der Waals surface area contributed by atoms with Crippen LogP contribution in [0, 0.1) is 0 Å². The summed E-state index contributed by atoms with van der Waals surface area (Å²) in [5, 5.41) is 8.14. The minimum atomic E-state index is -5.08. The van der Waals surface area contributed by atoms with Gasteiger partial charge in [-0.25, -0.2) is 9.59 Å². The molecule has 0 unspecified atom stereocenters. The highest BCUT2D eigenvalue weighted by molar-refractivity contribution is 6.02. The number of carbonyl (C=O) groups excluding carboxylic acids is 1. The molecular weight excluding hydrogens is 279 g/mol. The van der Waals surface area contributed by atoms with Crippen LogP contribution in [0.5, 0.6) is 0 Å². The lowest BCUT2D eigenvalue weighted by molar-refractivity contribution is -0.192. The zero-order chi connectivity index (χ0) is 15.3. The van der Waals surface area contributed by atoms with Gasteiger partial charge in [-0.1, -0.05) is 12.1 Å². The SMILES string of the molecule is COC(=O)c1cccc2cc[nH]c12.O=C(O)C(F)(F)F. The van der Waals surface area contributed by atoms with Crippen LogP contribution in [0.15, 0.2) is 30.5 Å². The zero-order valence-electron chi connectivity index (χ0n) is 10.2. The number of ether oxygens (including phenoxy) is 1. The third kappa shape index (κ3) is 3.74. The fraction of sp³-hybridized carbons (Fsp3) is 0.167. The summed E-state index contributed by atoms with van der Waals surface area (Å²) in [6.45, 7) is 0. The van der Waals surface area contributed by atoms with Crippen molar-refractivity contribution in [3.05, 3.63) is 36.0 Å². The summed E-state index contributed by atoms with van der Waals surface area (Å²) in [6, 6.07) is 7.44. The summed E-state index contributed by atoms with van der Waals surface area (Å²) >= 11 is 0. The minimum absolute atomic E-state index is 0.312. The lowest BCUT2D eigenvalue weighted by Gasteiger charge is -1.99. The molecule has 108 valence electrons. The van der Waals surface area contributed by atoms with Crippen LogP contribution in [0.25, 0.3) is 10.9 Å². The second kappa shape index (κ2) is 6.09. The molecule has 0 spiro atoms. The number of fused-ring (bicyclic) bond motifs is 1. The van der Waals surface area contributed by atoms with Crippen molar-refractivity contribution in [1.29, 1.82) is 0 Å². The molecule has 1 aromatic carbocycles. The number of hydrogen-bond donors (Lipinski definition) is 2. The fourth-order valence-corrected chi connectivity index (χ4v) is 1.36. The van der Waals surface area contributed by atoms with Gasteiger partial charge >= 0.3 is 18.1 Å². The number of para-hydroxylation sites is 1. The number of carboxylic acids is 1. The van der Waals surface area contributed by atoms with Crippen molar-refractivity contribution in [2.75, 3.05) is 7.11 Å². The van der Waals surface area contributed by atoms with Crippen LogP contribution in [-0.2, 0) is 9.53 Å². The van der Waals surface area contributed by atoms with Crippen LogP contribution in [0.3, 0.4) is 0 Å². The lowest BCUT2D eigenvalue weighted by Crippen LogP contribution is -2.21. The van der Waals surface area contributed by atoms with Crippen molar-refractivity contribution < 1.29 is 32.6 Å². The van der Waals surface area contributed by atoms with Crippen LogP contribution in [0.1, 0.15) is 10.4 Å². The molecule has 0 saturated carbocycles. The minimum Gasteiger partial charge on any atom is -0.475 e. The van der Waals surface area contributed by atoms with E-state index in [1.54, 1.807) is 12.3 Å². The summed E-state index contributed by atoms with van der Waals surface area (Å²) < 4.78 is 36.4. The Hall–Kier alpha value is -2.51. The molecule has 0 aliphatic heterocycles. The molecule has 2 aromatic rings. The van der Waals surface area contributed by atoms with Crippen molar-refractivity contribution in [3.8, 4) is 0 Å². The Morgan fingerprint density at radius 2 is 1.85 bits per heavy atom. The second-order valence-electron chi connectivity index (χ2n) is 3.54. The van der Waals surface area contributed by atoms with Gasteiger partial charge in [0.05, 0.1) is 18.2 Å². The zero-order valence-corrected chi connectivity index (χ0v) is 10.2. The van der Waals surface area contributed by atoms with E-state index in [0.29, 0.717) is 5.56 Å². The molecule has 0 radical (unpaired) electrons. The first-order chi connectivity index (χ1) is 9.27. The molecule has 2 N–H and O–H groups in total. The first kappa shape index (κ1) is 15.5. The molecule has 0 fully saturated rings. The van der Waals surface area contributed by atoms with Gasteiger partial charge < -0.3 is 14.8 Å². The number of halogens is 3. The number of aromatic amines is 1. The Balaban J connectivity index is 0.000000246. The van der Waals surface area contributed by atoms with E-state index in [9.17, 15) is 18.0 Å². The number of alkyl halides is 3. The van der Waals surface area contributed by atoms with E-state index in [1.165, 1.54) is 7.11 Å². The number of carboxylic acid groups (broad SMARTS) is 1. The van der Waals surface area contributed by atoms with E-state index in [-0.39, 0.29) is 5.97 Å². The van der Waals surface area contributed by atoms with Crippen LogP contribution < -0.4 is 0 Å². The second-order valence-corrected chi connectivity index (χ2v) is 3.54. The maximum atomic E-state index is 11.3. The molecule has 2 rings (SSSR count). The van der Waals surface area contributed by atoms with E-state index in [0.717, 1.165) is 10.9 Å². The predicted molar refractivity (Wildman–Crippen MR) is 63.3 cm³/mol. The van der Waals surface area contributed by atoms with Gasteiger partial charge in [0, 0.05) is 11.6 Å². The number of hydrogen-bond acceptors (Lipinski definition) is 3. The van der Waals surface area contributed by atoms with Gasteiger partial charge in [0.15, 0.2) is 0 Å². The van der Waals surface area contributed by atoms with Gasteiger partial charge in [-0.05, 0) is 12.1 Å². The third-order valence-corrected chi connectivity index (χ3v) is 2.24. The molecule has 1 heterocycles. The van der Waals surface area contributed by atoms with Crippen molar-refractivity contribution in [1.82, 2.24) is 4.98 Å². The molecule has 0 amide bonds. The van der Waals surface area contributed by atoms with Crippen LogP contribution in [-0.4, -0.2) is 35.3 Å². The Bertz CT molecular complexity index is 618. The molecule has 0 atom stereocenters. The van der Waals surface area contributed by atoms with Crippen LogP contribution >= 0.6 is 0 Å². The Morgan fingerprint density at radius 3 is 2.35 bits per heavy atom. The first-order valence-electron chi connectivity index (χ1n) is 5.22. The number of carbonyl (C=O) groups is 2. The van der Waals surface area contributed by atoms with Gasteiger partial charge in [-0.2, -0.15) is 13.2 Å². The Kier molecular flexibility index (Phi) is 4.73. The van der Waals surface area contributed by atoms with E-state index < -0.39 is 12.1 Å². The number of esters is 1. The molecular formula is C12H10F3NO4. The molecule has 0 bridgehead atoms. The summed E-state index contributed by atoms with van der Waals surface area (Å²) in [7, 11) is 1.38. The topological polar surface area (TPSA) is 79.4 Å². The van der Waals surface area contributed by atoms with Gasteiger partial charge in [0.2, 0.25) is 0 Å². The van der Waals surface area contributed by atoms with Crippen molar-refractivity contribution in [3.63, 3.8) is 0 Å². The maximum absolute atomic E-state index is 11.3. The first-order valence-corrected chi connectivity index (χ1v) is 5.22. The van der Waals surface area contributed by atoms with Gasteiger partial charge in [-0.15, -0.1) is 0 Å². The molecule has 8 heteroatoms. The molecule has 0 saturated heterocycles.